The molecule has 5 heteroatoms. The molecule has 1 heterocycles. The third-order valence-corrected chi connectivity index (χ3v) is 2.97. The second kappa shape index (κ2) is 5.36. The van der Waals surface area contributed by atoms with Crippen molar-refractivity contribution in [1.82, 2.24) is 0 Å². The molecular weight excluding hydrogens is 204 g/mol. The van der Waals surface area contributed by atoms with E-state index >= 15 is 0 Å². The number of carbonyl (C=O) groups excluding carboxylic acids is 1. The van der Waals surface area contributed by atoms with E-state index in [4.69, 9.17) is 9.84 Å². The van der Waals surface area contributed by atoms with E-state index in [1.54, 1.807) is 0 Å². The van der Waals surface area contributed by atoms with Crippen LogP contribution in [0, 0.1) is 0 Å². The van der Waals surface area contributed by atoms with Gasteiger partial charge in [0.1, 0.15) is 0 Å². The molecule has 4 nitrogen and oxygen atoms in total. The van der Waals surface area contributed by atoms with E-state index in [-0.39, 0.29) is 5.12 Å². The molecule has 0 aromatic rings. The maximum absolute atomic E-state index is 11.3. The molecule has 0 spiro atoms. The molecule has 0 bridgehead atoms. The summed E-state index contributed by atoms with van der Waals surface area (Å²) >= 11 is 1.18. The number of epoxide rings is 1. The van der Waals surface area contributed by atoms with Crippen molar-refractivity contribution in [3.8, 4) is 0 Å². The highest BCUT2D eigenvalue weighted by molar-refractivity contribution is 8.13. The fourth-order valence-corrected chi connectivity index (χ4v) is 1.98. The summed E-state index contributed by atoms with van der Waals surface area (Å²) in [5, 5.41) is 8.35. The third-order valence-electron chi connectivity index (χ3n) is 1.96. The molecule has 80 valence electrons. The molecule has 1 saturated heterocycles. The first-order valence-electron chi connectivity index (χ1n) is 4.71. The van der Waals surface area contributed by atoms with Crippen LogP contribution in [0.5, 0.6) is 0 Å². The predicted molar refractivity (Wildman–Crippen MR) is 53.3 cm³/mol. The zero-order valence-corrected chi connectivity index (χ0v) is 8.88. The maximum Gasteiger partial charge on any atom is 0.336 e. The summed E-state index contributed by atoms with van der Waals surface area (Å²) in [6.45, 7) is 2.09. The highest BCUT2D eigenvalue weighted by Crippen LogP contribution is 2.27. The number of rotatable bonds is 6. The van der Waals surface area contributed by atoms with Crippen molar-refractivity contribution in [2.45, 2.75) is 38.4 Å². The van der Waals surface area contributed by atoms with Crippen LogP contribution in [-0.4, -0.2) is 34.2 Å². The van der Waals surface area contributed by atoms with Crippen molar-refractivity contribution >= 4 is 22.8 Å². The van der Waals surface area contributed by atoms with Crippen molar-refractivity contribution < 1.29 is 19.4 Å². The molecule has 1 fully saturated rings. The zero-order chi connectivity index (χ0) is 10.6. The molecule has 0 aromatic carbocycles. The summed E-state index contributed by atoms with van der Waals surface area (Å²) in [4.78, 5) is 21.6. The lowest BCUT2D eigenvalue weighted by Crippen LogP contribution is -2.13. The van der Waals surface area contributed by atoms with Crippen LogP contribution >= 0.6 is 11.8 Å². The maximum atomic E-state index is 11.3. The standard InChI is InChI=1S/C9H14O4S/c1-2-3-4-5-14-9(12)7-6(13-7)8(10)11/h6-7H,2-5H2,1H3,(H,10,11)/t6-,7+/m1/s1. The van der Waals surface area contributed by atoms with Crippen molar-refractivity contribution in [3.05, 3.63) is 0 Å². The molecule has 0 radical (unpaired) electrons. The molecule has 14 heavy (non-hydrogen) atoms. The van der Waals surface area contributed by atoms with Crippen LogP contribution in [0.4, 0.5) is 0 Å². The van der Waals surface area contributed by atoms with Crippen molar-refractivity contribution in [1.29, 1.82) is 0 Å². The quantitative estimate of drug-likeness (QED) is 0.537. The van der Waals surface area contributed by atoms with Crippen molar-refractivity contribution in [2.24, 2.45) is 0 Å². The molecular formula is C9H14O4S. The minimum Gasteiger partial charge on any atom is -0.479 e. The molecule has 1 N–H and O–H groups in total. The Morgan fingerprint density at radius 3 is 2.57 bits per heavy atom. The van der Waals surface area contributed by atoms with E-state index in [2.05, 4.69) is 6.92 Å². The number of hydrogen-bond donors (Lipinski definition) is 1. The second-order valence-corrected chi connectivity index (χ2v) is 4.29. The lowest BCUT2D eigenvalue weighted by atomic mass is 10.3. The summed E-state index contributed by atoms with van der Waals surface area (Å²) in [5.74, 6) is -0.281. The van der Waals surface area contributed by atoms with E-state index in [1.165, 1.54) is 11.8 Å². The number of thioether (sulfide) groups is 1. The first-order chi connectivity index (χ1) is 6.66. The first-order valence-corrected chi connectivity index (χ1v) is 5.70. The normalized spacial score (nSPS) is 24.6. The Morgan fingerprint density at radius 1 is 1.36 bits per heavy atom. The molecule has 0 aliphatic carbocycles. The molecule has 1 rings (SSSR count). The van der Waals surface area contributed by atoms with Gasteiger partial charge in [0.05, 0.1) is 0 Å². The van der Waals surface area contributed by atoms with E-state index in [0.29, 0.717) is 0 Å². The summed E-state index contributed by atoms with van der Waals surface area (Å²) in [6, 6.07) is 0. The Balaban J connectivity index is 2.09. The van der Waals surface area contributed by atoms with Gasteiger partial charge in [-0.1, -0.05) is 31.5 Å². The molecule has 0 amide bonds. The number of aliphatic carboxylic acids is 1. The third kappa shape index (κ3) is 3.31. The van der Waals surface area contributed by atoms with Crippen LogP contribution in [0.3, 0.4) is 0 Å². The molecule has 0 aromatic heterocycles. The van der Waals surface area contributed by atoms with Gasteiger partial charge in [-0.3, -0.25) is 4.79 Å². The number of hydrogen-bond acceptors (Lipinski definition) is 4. The van der Waals surface area contributed by atoms with Gasteiger partial charge in [0.15, 0.2) is 12.2 Å². The van der Waals surface area contributed by atoms with Crippen LogP contribution in [0.25, 0.3) is 0 Å². The Hall–Kier alpha value is -0.550. The summed E-state index contributed by atoms with van der Waals surface area (Å²) in [5.41, 5.74) is 0. The first kappa shape index (κ1) is 11.5. The van der Waals surface area contributed by atoms with Gasteiger partial charge in [-0.05, 0) is 6.42 Å². The summed E-state index contributed by atoms with van der Waals surface area (Å²) in [6.07, 6.45) is 1.64. The fourth-order valence-electron chi connectivity index (χ4n) is 1.09. The SMILES string of the molecule is CCCCCSC(=O)[C@H]1O[C@H]1C(=O)O. The number of ether oxygens (including phenoxy) is 1. The number of carboxylic acids is 1. The van der Waals surface area contributed by atoms with Crippen LogP contribution in [0.1, 0.15) is 26.2 Å². The van der Waals surface area contributed by atoms with Gasteiger partial charge in [0.25, 0.3) is 0 Å². The summed E-state index contributed by atoms with van der Waals surface area (Å²) < 4.78 is 4.73. The average molecular weight is 218 g/mol. The van der Waals surface area contributed by atoms with E-state index in [9.17, 15) is 9.59 Å². The molecule has 0 unspecified atom stereocenters. The van der Waals surface area contributed by atoms with Gasteiger partial charge in [-0.25, -0.2) is 4.79 Å². The summed E-state index contributed by atoms with van der Waals surface area (Å²) in [7, 11) is 0. The van der Waals surface area contributed by atoms with E-state index < -0.39 is 18.2 Å². The van der Waals surface area contributed by atoms with Gasteiger partial charge in [-0.15, -0.1) is 0 Å². The van der Waals surface area contributed by atoms with Crippen molar-refractivity contribution in [2.75, 3.05) is 5.75 Å². The zero-order valence-electron chi connectivity index (χ0n) is 8.06. The van der Waals surface area contributed by atoms with Crippen LogP contribution < -0.4 is 0 Å². The highest BCUT2D eigenvalue weighted by Gasteiger charge is 2.50. The topological polar surface area (TPSA) is 66.9 Å². The van der Waals surface area contributed by atoms with Gasteiger partial charge in [0, 0.05) is 5.75 Å². The Morgan fingerprint density at radius 2 is 2.07 bits per heavy atom. The lowest BCUT2D eigenvalue weighted by molar-refractivity contribution is -0.138. The van der Waals surface area contributed by atoms with E-state index in [1.807, 2.05) is 0 Å². The minimum atomic E-state index is -1.04. The minimum absolute atomic E-state index is 0.145. The Kier molecular flexibility index (Phi) is 4.41. The molecule has 1 aliphatic heterocycles. The molecule has 0 saturated carbocycles. The van der Waals surface area contributed by atoms with E-state index in [0.717, 1.165) is 25.0 Å². The van der Waals surface area contributed by atoms with Crippen LogP contribution in [-0.2, 0) is 14.3 Å². The van der Waals surface area contributed by atoms with Crippen molar-refractivity contribution in [3.63, 3.8) is 0 Å². The van der Waals surface area contributed by atoms with Gasteiger partial charge in [0.2, 0.25) is 5.12 Å². The average Bonchev–Trinajstić information content (AvgIpc) is 2.91. The van der Waals surface area contributed by atoms with Gasteiger partial charge >= 0.3 is 5.97 Å². The van der Waals surface area contributed by atoms with Crippen LogP contribution in [0.15, 0.2) is 0 Å². The smallest absolute Gasteiger partial charge is 0.336 e. The van der Waals surface area contributed by atoms with Gasteiger partial charge < -0.3 is 9.84 Å². The Labute approximate surface area is 87.0 Å². The molecule has 1 aliphatic rings. The molecule has 2 atom stereocenters. The Bertz CT molecular complexity index is 229. The van der Waals surface area contributed by atoms with Crippen LogP contribution in [0.2, 0.25) is 0 Å². The monoisotopic (exact) mass is 218 g/mol. The largest absolute Gasteiger partial charge is 0.479 e. The lowest BCUT2D eigenvalue weighted by Gasteiger charge is -1.96. The number of carboxylic acid groups (broad SMARTS) is 1. The number of unbranched alkanes of at least 4 members (excludes halogenated alkanes) is 2. The highest BCUT2D eigenvalue weighted by atomic mass is 32.2. The second-order valence-electron chi connectivity index (χ2n) is 3.19. The number of carbonyl (C=O) groups is 2. The van der Waals surface area contributed by atoms with Gasteiger partial charge in [-0.2, -0.15) is 0 Å². The predicted octanol–water partition coefficient (Wildman–Crippen LogP) is 1.29. The fraction of sp³-hybridized carbons (Fsp3) is 0.778.